The first kappa shape index (κ1) is 23.4. The molecule has 3 aromatic rings. The fourth-order valence-electron chi connectivity index (χ4n) is 3.10. The third-order valence-electron chi connectivity index (χ3n) is 4.46. The Hall–Kier alpha value is -2.29. The average molecular weight is 445 g/mol. The molecule has 6 nitrogen and oxygen atoms in total. The summed E-state index contributed by atoms with van der Waals surface area (Å²) in [4.78, 5) is 1.90. The number of hydrogen-bond acceptors (Lipinski definition) is 7. The molecule has 0 aliphatic rings. The van der Waals surface area contributed by atoms with Crippen molar-refractivity contribution in [1.82, 2.24) is 0 Å². The minimum Gasteiger partial charge on any atom is -0.490 e. The maximum absolute atomic E-state index is 10.1. The molecule has 0 saturated carbocycles. The van der Waals surface area contributed by atoms with Gasteiger partial charge in [0.2, 0.25) is 0 Å². The summed E-state index contributed by atoms with van der Waals surface area (Å²) in [6, 6.07) is 19.6. The molecule has 0 bridgehead atoms. The molecule has 0 radical (unpaired) electrons. The predicted octanol–water partition coefficient (Wildman–Crippen LogP) is 3.76. The normalized spacial score (nSPS) is 13.2. The minimum absolute atomic E-state index is 0.104. The number of ether oxygens (including phenoxy) is 4. The number of methoxy groups -OCH3 is 2. The molecule has 2 unspecified atom stereocenters. The van der Waals surface area contributed by atoms with Crippen LogP contribution in [-0.2, 0) is 9.47 Å². The van der Waals surface area contributed by atoms with Crippen LogP contribution in [0.15, 0.2) is 70.5 Å². The highest BCUT2D eigenvalue weighted by Gasteiger charge is 2.18. The molecule has 2 N–H and O–H groups in total. The van der Waals surface area contributed by atoms with Crippen molar-refractivity contribution in [2.45, 2.75) is 22.0 Å². The summed E-state index contributed by atoms with van der Waals surface area (Å²) in [5.74, 6) is 1.32. The van der Waals surface area contributed by atoms with Crippen LogP contribution in [0.3, 0.4) is 0 Å². The molecule has 0 amide bonds. The molecule has 7 heteroatoms. The molecule has 0 spiro atoms. The van der Waals surface area contributed by atoms with Crippen molar-refractivity contribution in [2.75, 3.05) is 40.6 Å². The van der Waals surface area contributed by atoms with E-state index in [4.69, 9.17) is 18.9 Å². The molecular formula is C24H28O6S. The third kappa shape index (κ3) is 6.59. The van der Waals surface area contributed by atoms with E-state index in [1.807, 2.05) is 60.7 Å². The zero-order valence-corrected chi connectivity index (χ0v) is 18.5. The van der Waals surface area contributed by atoms with Crippen molar-refractivity contribution in [3.63, 3.8) is 0 Å². The van der Waals surface area contributed by atoms with Crippen LogP contribution in [0.4, 0.5) is 0 Å². The van der Waals surface area contributed by atoms with Crippen molar-refractivity contribution in [2.24, 2.45) is 0 Å². The zero-order valence-electron chi connectivity index (χ0n) is 17.7. The lowest BCUT2D eigenvalue weighted by Gasteiger charge is -2.20. The maximum Gasteiger partial charge on any atom is 0.141 e. The fourth-order valence-corrected chi connectivity index (χ4v) is 4.07. The highest BCUT2D eigenvalue weighted by molar-refractivity contribution is 7.99. The van der Waals surface area contributed by atoms with E-state index in [-0.39, 0.29) is 26.4 Å². The lowest BCUT2D eigenvalue weighted by Crippen LogP contribution is -2.23. The molecule has 0 heterocycles. The number of hydrogen-bond donors (Lipinski definition) is 2. The van der Waals surface area contributed by atoms with Crippen LogP contribution >= 0.6 is 11.8 Å². The van der Waals surface area contributed by atoms with Crippen LogP contribution in [0.5, 0.6) is 11.5 Å². The van der Waals surface area contributed by atoms with Crippen LogP contribution < -0.4 is 9.47 Å². The number of benzene rings is 3. The van der Waals surface area contributed by atoms with Crippen LogP contribution in [0.1, 0.15) is 0 Å². The van der Waals surface area contributed by atoms with Crippen LogP contribution in [0.2, 0.25) is 0 Å². The molecular weight excluding hydrogens is 416 g/mol. The van der Waals surface area contributed by atoms with Gasteiger partial charge in [0.15, 0.2) is 0 Å². The van der Waals surface area contributed by atoms with E-state index in [9.17, 15) is 10.2 Å². The van der Waals surface area contributed by atoms with Crippen molar-refractivity contribution in [3.05, 3.63) is 60.7 Å². The Morgan fingerprint density at radius 3 is 1.97 bits per heavy atom. The first-order valence-electron chi connectivity index (χ1n) is 10.0. The van der Waals surface area contributed by atoms with Gasteiger partial charge in [-0.05, 0) is 18.2 Å². The average Bonchev–Trinajstić information content (AvgIpc) is 2.78. The van der Waals surface area contributed by atoms with Crippen molar-refractivity contribution >= 4 is 22.5 Å². The van der Waals surface area contributed by atoms with Gasteiger partial charge >= 0.3 is 0 Å². The maximum atomic E-state index is 10.1. The Balaban J connectivity index is 1.99. The molecule has 3 aromatic carbocycles. The summed E-state index contributed by atoms with van der Waals surface area (Å²) < 4.78 is 22.0. The smallest absolute Gasteiger partial charge is 0.141 e. The minimum atomic E-state index is -0.738. The van der Waals surface area contributed by atoms with E-state index in [2.05, 4.69) is 0 Å². The standard InChI is InChI=1S/C24H28O6S/c1-27-13-17(25)15-29-22-12-23(31-19-8-4-3-5-9-19)24(30-16-18(26)14-28-2)21-11-7-6-10-20(21)22/h3-12,17-18,25-26H,13-16H2,1-2H3. The molecule has 166 valence electrons. The molecule has 2 atom stereocenters. The summed E-state index contributed by atoms with van der Waals surface area (Å²) in [5, 5.41) is 21.8. The predicted molar refractivity (Wildman–Crippen MR) is 121 cm³/mol. The Kier molecular flexibility index (Phi) is 8.99. The highest BCUT2D eigenvalue weighted by Crippen LogP contribution is 2.44. The molecule has 0 aromatic heterocycles. The van der Waals surface area contributed by atoms with Crippen molar-refractivity contribution in [1.29, 1.82) is 0 Å². The second-order valence-electron chi connectivity index (χ2n) is 7.00. The second-order valence-corrected chi connectivity index (χ2v) is 8.12. The van der Waals surface area contributed by atoms with E-state index >= 15 is 0 Å². The van der Waals surface area contributed by atoms with Crippen molar-refractivity contribution in [3.8, 4) is 11.5 Å². The second kappa shape index (κ2) is 11.9. The number of aliphatic hydroxyl groups excluding tert-OH is 2. The van der Waals surface area contributed by atoms with Crippen molar-refractivity contribution < 1.29 is 29.2 Å². The lowest BCUT2D eigenvalue weighted by molar-refractivity contribution is 0.0316. The van der Waals surface area contributed by atoms with Gasteiger partial charge in [0.1, 0.15) is 36.9 Å². The SMILES string of the molecule is COCC(O)COc1cc(Sc2ccccc2)c(OCC(O)COC)c2ccccc12. The topological polar surface area (TPSA) is 77.4 Å². The molecule has 31 heavy (non-hydrogen) atoms. The van der Waals surface area contributed by atoms with Gasteiger partial charge in [0.05, 0.1) is 18.1 Å². The molecule has 3 rings (SSSR count). The van der Waals surface area contributed by atoms with Gasteiger partial charge in [0, 0.05) is 29.9 Å². The largest absolute Gasteiger partial charge is 0.490 e. The summed E-state index contributed by atoms with van der Waals surface area (Å²) >= 11 is 1.55. The molecule has 0 aliphatic carbocycles. The van der Waals surface area contributed by atoms with Crippen LogP contribution in [-0.4, -0.2) is 63.1 Å². The number of rotatable bonds is 12. The number of aliphatic hydroxyl groups is 2. The van der Waals surface area contributed by atoms with Gasteiger partial charge in [-0.2, -0.15) is 0 Å². The summed E-state index contributed by atoms with van der Waals surface area (Å²) in [5.41, 5.74) is 0. The Labute approximate surface area is 186 Å². The van der Waals surface area contributed by atoms with E-state index in [0.29, 0.717) is 11.5 Å². The Morgan fingerprint density at radius 2 is 1.32 bits per heavy atom. The first-order valence-corrected chi connectivity index (χ1v) is 10.8. The van der Waals surface area contributed by atoms with Gasteiger partial charge in [-0.25, -0.2) is 0 Å². The fraction of sp³-hybridized carbons (Fsp3) is 0.333. The first-order chi connectivity index (χ1) is 15.1. The molecule has 0 aliphatic heterocycles. The highest BCUT2D eigenvalue weighted by atomic mass is 32.2. The van der Waals surface area contributed by atoms with E-state index in [0.717, 1.165) is 20.6 Å². The summed E-state index contributed by atoms with van der Waals surface area (Å²) in [7, 11) is 3.08. The van der Waals surface area contributed by atoms with E-state index in [1.54, 1.807) is 18.9 Å². The Bertz CT molecular complexity index is 949. The van der Waals surface area contributed by atoms with Gasteiger partial charge in [0.25, 0.3) is 0 Å². The summed E-state index contributed by atoms with van der Waals surface area (Å²) in [6.07, 6.45) is -1.47. The van der Waals surface area contributed by atoms with Crippen LogP contribution in [0, 0.1) is 0 Å². The monoisotopic (exact) mass is 444 g/mol. The van der Waals surface area contributed by atoms with Gasteiger partial charge in [-0.3, -0.25) is 0 Å². The Morgan fingerprint density at radius 1 is 0.742 bits per heavy atom. The van der Waals surface area contributed by atoms with Crippen LogP contribution in [0.25, 0.3) is 10.8 Å². The van der Waals surface area contributed by atoms with Gasteiger partial charge in [-0.1, -0.05) is 54.2 Å². The van der Waals surface area contributed by atoms with Gasteiger partial charge in [-0.15, -0.1) is 0 Å². The quantitative estimate of drug-likeness (QED) is 0.440. The zero-order chi connectivity index (χ0) is 22.1. The van der Waals surface area contributed by atoms with Gasteiger partial charge < -0.3 is 29.2 Å². The third-order valence-corrected chi connectivity index (χ3v) is 5.49. The summed E-state index contributed by atoms with van der Waals surface area (Å²) in [6.45, 7) is 0.604. The van der Waals surface area contributed by atoms with E-state index < -0.39 is 12.2 Å². The molecule has 0 fully saturated rings. The molecule has 0 saturated heterocycles. The van der Waals surface area contributed by atoms with E-state index in [1.165, 1.54) is 7.11 Å². The lowest BCUT2D eigenvalue weighted by atomic mass is 10.1. The number of fused-ring (bicyclic) bond motifs is 1.